The summed E-state index contributed by atoms with van der Waals surface area (Å²) < 4.78 is 5.44. The molecule has 1 unspecified atom stereocenters. The summed E-state index contributed by atoms with van der Waals surface area (Å²) in [4.78, 5) is 35.0. The molecule has 4 aromatic rings. The second-order valence-electron chi connectivity index (χ2n) is 6.57. The van der Waals surface area contributed by atoms with Gasteiger partial charge in [-0.05, 0) is 36.6 Å². The molecule has 0 fully saturated rings. The van der Waals surface area contributed by atoms with Gasteiger partial charge in [0.15, 0.2) is 11.9 Å². The molecule has 3 heterocycles. The summed E-state index contributed by atoms with van der Waals surface area (Å²) in [6.07, 6.45) is 0.271. The topological polar surface area (TPSA) is 81.2 Å². The van der Waals surface area contributed by atoms with Crippen molar-refractivity contribution in [2.75, 3.05) is 5.32 Å². The van der Waals surface area contributed by atoms with E-state index in [0.717, 1.165) is 4.88 Å². The summed E-state index contributed by atoms with van der Waals surface area (Å²) in [5.74, 6) is -1.07. The molecule has 1 amide bonds. The fraction of sp³-hybridized carbons (Fsp3) is 0.0909. The predicted octanol–water partition coefficient (Wildman–Crippen LogP) is 5.85. The van der Waals surface area contributed by atoms with E-state index in [1.807, 2.05) is 35.7 Å². The summed E-state index contributed by atoms with van der Waals surface area (Å²) in [6, 6.07) is 14.3. The monoisotopic (exact) mass is 471 g/mol. The van der Waals surface area contributed by atoms with Gasteiger partial charge in [-0.1, -0.05) is 47.5 Å². The predicted molar refractivity (Wildman–Crippen MR) is 123 cm³/mol. The van der Waals surface area contributed by atoms with Crippen LogP contribution < -0.4 is 5.32 Å². The van der Waals surface area contributed by atoms with Crippen molar-refractivity contribution < 1.29 is 14.3 Å². The number of aromatic nitrogens is 2. The number of pyridine rings is 2. The van der Waals surface area contributed by atoms with Gasteiger partial charge < -0.3 is 10.1 Å². The Hall–Kier alpha value is -3.00. The molecule has 0 saturated heterocycles. The Bertz CT molecular complexity index is 1280. The van der Waals surface area contributed by atoms with Crippen LogP contribution in [0.2, 0.25) is 10.0 Å². The number of carbonyl (C=O) groups is 2. The van der Waals surface area contributed by atoms with E-state index in [0.29, 0.717) is 27.2 Å². The van der Waals surface area contributed by atoms with Crippen LogP contribution in [0.25, 0.3) is 21.5 Å². The molecule has 0 spiro atoms. The van der Waals surface area contributed by atoms with Crippen molar-refractivity contribution in [2.45, 2.75) is 13.0 Å². The van der Waals surface area contributed by atoms with E-state index in [9.17, 15) is 9.59 Å². The Kier molecular flexibility index (Phi) is 6.18. The molecule has 0 aliphatic rings. The molecule has 4 rings (SSSR count). The van der Waals surface area contributed by atoms with Gasteiger partial charge in [0.2, 0.25) is 0 Å². The number of rotatable bonds is 5. The molecule has 6 nitrogen and oxygen atoms in total. The lowest BCUT2D eigenvalue weighted by Gasteiger charge is -2.15. The Morgan fingerprint density at radius 3 is 2.68 bits per heavy atom. The van der Waals surface area contributed by atoms with Crippen LogP contribution in [0.4, 0.5) is 5.82 Å². The minimum absolute atomic E-state index is 0.133. The van der Waals surface area contributed by atoms with Crippen LogP contribution in [0.5, 0.6) is 0 Å². The SMILES string of the molecule is CC(OC(=O)c1cc(-c2cccs2)nc2ccccc12)C(=O)Nc1ncc(Cl)cc1Cl. The Morgan fingerprint density at radius 2 is 1.94 bits per heavy atom. The van der Waals surface area contributed by atoms with Gasteiger partial charge in [0, 0.05) is 11.6 Å². The quantitative estimate of drug-likeness (QED) is 0.369. The summed E-state index contributed by atoms with van der Waals surface area (Å²) in [7, 11) is 0. The highest BCUT2D eigenvalue weighted by atomic mass is 35.5. The molecule has 0 saturated carbocycles. The molecule has 0 aliphatic carbocycles. The molecule has 0 radical (unpaired) electrons. The fourth-order valence-electron chi connectivity index (χ4n) is 2.90. The van der Waals surface area contributed by atoms with Gasteiger partial charge in [0.05, 0.1) is 31.7 Å². The zero-order chi connectivity index (χ0) is 22.0. The maximum absolute atomic E-state index is 13.0. The Balaban J connectivity index is 1.58. The van der Waals surface area contributed by atoms with Crippen LogP contribution >= 0.6 is 34.5 Å². The highest BCUT2D eigenvalue weighted by Crippen LogP contribution is 2.28. The molecule has 0 bridgehead atoms. The molecule has 156 valence electrons. The number of benzene rings is 1. The van der Waals surface area contributed by atoms with Crippen LogP contribution in [0, 0.1) is 0 Å². The molecule has 1 atom stereocenters. The van der Waals surface area contributed by atoms with Gasteiger partial charge in [0.25, 0.3) is 5.91 Å². The number of thiophene rings is 1. The van der Waals surface area contributed by atoms with Gasteiger partial charge in [-0.25, -0.2) is 14.8 Å². The summed E-state index contributed by atoms with van der Waals surface area (Å²) in [5.41, 5.74) is 1.65. The Labute approximate surface area is 191 Å². The molecular weight excluding hydrogens is 457 g/mol. The van der Waals surface area contributed by atoms with E-state index >= 15 is 0 Å². The normalized spacial score (nSPS) is 11.8. The van der Waals surface area contributed by atoms with Gasteiger partial charge >= 0.3 is 5.97 Å². The molecule has 1 N–H and O–H groups in total. The number of esters is 1. The largest absolute Gasteiger partial charge is 0.449 e. The Morgan fingerprint density at radius 1 is 1.13 bits per heavy atom. The van der Waals surface area contributed by atoms with Crippen molar-refractivity contribution in [1.29, 1.82) is 0 Å². The first-order valence-corrected chi connectivity index (χ1v) is 10.8. The number of halogens is 2. The van der Waals surface area contributed by atoms with E-state index in [1.165, 1.54) is 30.5 Å². The number of ether oxygens (including phenoxy) is 1. The van der Waals surface area contributed by atoms with E-state index < -0.39 is 18.0 Å². The van der Waals surface area contributed by atoms with E-state index in [-0.39, 0.29) is 10.8 Å². The van der Waals surface area contributed by atoms with Crippen LogP contribution in [0.1, 0.15) is 17.3 Å². The lowest BCUT2D eigenvalue weighted by Crippen LogP contribution is -2.30. The number of nitrogens with zero attached hydrogens (tertiary/aromatic N) is 2. The number of fused-ring (bicyclic) bond motifs is 1. The first-order chi connectivity index (χ1) is 14.9. The second kappa shape index (κ2) is 9.01. The molecule has 0 aliphatic heterocycles. The number of nitrogens with one attached hydrogen (secondary N) is 1. The van der Waals surface area contributed by atoms with E-state index in [2.05, 4.69) is 15.3 Å². The van der Waals surface area contributed by atoms with Crippen LogP contribution in [-0.4, -0.2) is 27.9 Å². The van der Waals surface area contributed by atoms with Crippen molar-refractivity contribution in [2.24, 2.45) is 0 Å². The van der Waals surface area contributed by atoms with E-state index in [4.69, 9.17) is 27.9 Å². The first-order valence-electron chi connectivity index (χ1n) is 9.19. The van der Waals surface area contributed by atoms with Crippen molar-refractivity contribution >= 4 is 63.1 Å². The molecule has 31 heavy (non-hydrogen) atoms. The maximum Gasteiger partial charge on any atom is 0.339 e. The number of carbonyl (C=O) groups excluding carboxylic acids is 2. The summed E-state index contributed by atoms with van der Waals surface area (Å²) in [6.45, 7) is 1.47. The summed E-state index contributed by atoms with van der Waals surface area (Å²) in [5, 5.41) is 5.64. The van der Waals surface area contributed by atoms with Gasteiger partial charge in [0.1, 0.15) is 0 Å². The number of amides is 1. The van der Waals surface area contributed by atoms with Crippen LogP contribution in [0.15, 0.2) is 60.1 Å². The highest BCUT2D eigenvalue weighted by Gasteiger charge is 2.22. The standard InChI is InChI=1S/C22H15Cl2N3O3S/c1-12(21(28)27-20-16(24)9-13(23)11-25-20)30-22(29)15-10-18(19-7-4-8-31-19)26-17-6-3-2-5-14(15)17/h2-12H,1H3,(H,25,27,28). The number of hydrogen-bond donors (Lipinski definition) is 1. The average Bonchev–Trinajstić information content (AvgIpc) is 3.29. The third kappa shape index (κ3) is 4.69. The van der Waals surface area contributed by atoms with Crippen molar-refractivity contribution in [3.63, 3.8) is 0 Å². The molecular formula is C22H15Cl2N3O3S. The maximum atomic E-state index is 13.0. The van der Waals surface area contributed by atoms with E-state index in [1.54, 1.807) is 12.1 Å². The molecule has 3 aromatic heterocycles. The average molecular weight is 472 g/mol. The lowest BCUT2D eigenvalue weighted by atomic mass is 10.1. The molecule has 9 heteroatoms. The first kappa shape index (κ1) is 21.2. The van der Waals surface area contributed by atoms with Crippen LogP contribution in [-0.2, 0) is 9.53 Å². The van der Waals surface area contributed by atoms with Crippen molar-refractivity contribution in [3.8, 4) is 10.6 Å². The minimum atomic E-state index is -1.09. The smallest absolute Gasteiger partial charge is 0.339 e. The second-order valence-corrected chi connectivity index (χ2v) is 8.36. The van der Waals surface area contributed by atoms with Crippen LogP contribution in [0.3, 0.4) is 0 Å². The van der Waals surface area contributed by atoms with Gasteiger partial charge in [-0.15, -0.1) is 11.3 Å². The number of para-hydroxylation sites is 1. The zero-order valence-corrected chi connectivity index (χ0v) is 18.5. The zero-order valence-electron chi connectivity index (χ0n) is 16.1. The van der Waals surface area contributed by atoms with Gasteiger partial charge in [-0.2, -0.15) is 0 Å². The molecule has 1 aromatic carbocycles. The van der Waals surface area contributed by atoms with Crippen molar-refractivity contribution in [3.05, 3.63) is 75.7 Å². The number of hydrogen-bond acceptors (Lipinski definition) is 6. The minimum Gasteiger partial charge on any atom is -0.449 e. The lowest BCUT2D eigenvalue weighted by molar-refractivity contribution is -0.123. The van der Waals surface area contributed by atoms with Gasteiger partial charge in [-0.3, -0.25) is 4.79 Å². The van der Waals surface area contributed by atoms with Crippen molar-refractivity contribution in [1.82, 2.24) is 9.97 Å². The highest BCUT2D eigenvalue weighted by molar-refractivity contribution is 7.13. The third-order valence-corrected chi connectivity index (χ3v) is 5.80. The number of anilines is 1. The third-order valence-electron chi connectivity index (χ3n) is 4.41. The summed E-state index contributed by atoms with van der Waals surface area (Å²) >= 11 is 13.4. The fourth-order valence-corrected chi connectivity index (χ4v) is 4.01.